The number of aromatic nitrogens is 1. The minimum absolute atomic E-state index is 0.0950. The van der Waals surface area contributed by atoms with E-state index in [1.807, 2.05) is 37.3 Å². The lowest BCUT2D eigenvalue weighted by molar-refractivity contribution is -0.120. The van der Waals surface area contributed by atoms with Crippen molar-refractivity contribution in [3.8, 4) is 5.75 Å². The van der Waals surface area contributed by atoms with Crippen LogP contribution in [0.1, 0.15) is 48.9 Å². The molecule has 3 aromatic rings. The summed E-state index contributed by atoms with van der Waals surface area (Å²) in [5.74, 6) is 0.277. The number of hydrogen-bond donors (Lipinski definition) is 2. The Labute approximate surface area is 206 Å². The molecule has 1 amide bonds. The van der Waals surface area contributed by atoms with Crippen molar-refractivity contribution in [2.45, 2.75) is 56.8 Å². The highest BCUT2D eigenvalue weighted by atomic mass is 32.2. The first-order valence-corrected chi connectivity index (χ1v) is 13.9. The Morgan fingerprint density at radius 2 is 1.83 bits per heavy atom. The number of rotatable bonds is 5. The molecule has 5 rings (SSSR count). The van der Waals surface area contributed by atoms with Gasteiger partial charge in [0.25, 0.3) is 0 Å². The fourth-order valence-corrected chi connectivity index (χ4v) is 6.88. The first-order valence-electron chi connectivity index (χ1n) is 12.5. The van der Waals surface area contributed by atoms with E-state index in [4.69, 9.17) is 4.74 Å². The van der Waals surface area contributed by atoms with Crippen LogP contribution in [0, 0.1) is 12.8 Å². The van der Waals surface area contributed by atoms with Crippen molar-refractivity contribution in [1.29, 1.82) is 0 Å². The molecule has 8 heteroatoms. The number of carbonyl (C=O) groups is 1. The van der Waals surface area contributed by atoms with Gasteiger partial charge < -0.3 is 15.0 Å². The molecular weight excluding hydrogens is 462 g/mol. The van der Waals surface area contributed by atoms with Gasteiger partial charge in [0.15, 0.2) is 0 Å². The SMILES string of the molecule is COc1ccc(C)cc1NC(=O)C1CCN(S(=O)(=O)c2ccc3[nH]c4c(c3c2)CCCCC4)CC1. The summed E-state index contributed by atoms with van der Waals surface area (Å²) in [5, 5.41) is 4.00. The Hall–Kier alpha value is -2.84. The van der Waals surface area contributed by atoms with Crippen molar-refractivity contribution < 1.29 is 17.9 Å². The maximum Gasteiger partial charge on any atom is 0.243 e. The highest BCUT2D eigenvalue weighted by Crippen LogP contribution is 2.32. The van der Waals surface area contributed by atoms with E-state index in [1.54, 1.807) is 13.2 Å². The molecule has 0 spiro atoms. The summed E-state index contributed by atoms with van der Waals surface area (Å²) in [6.45, 7) is 2.62. The van der Waals surface area contributed by atoms with E-state index in [2.05, 4.69) is 10.3 Å². The Morgan fingerprint density at radius 3 is 2.60 bits per heavy atom. The molecular formula is C27H33N3O4S. The number of nitrogens with one attached hydrogen (secondary N) is 2. The van der Waals surface area contributed by atoms with Gasteiger partial charge in [-0.3, -0.25) is 4.79 Å². The van der Waals surface area contributed by atoms with Crippen molar-refractivity contribution >= 4 is 32.5 Å². The van der Waals surface area contributed by atoms with Crippen LogP contribution in [0.25, 0.3) is 10.9 Å². The second-order valence-corrected chi connectivity index (χ2v) is 11.7. The van der Waals surface area contributed by atoms with Crippen molar-refractivity contribution in [2.75, 3.05) is 25.5 Å². The summed E-state index contributed by atoms with van der Waals surface area (Å²) >= 11 is 0. The Kier molecular flexibility index (Phi) is 6.59. The van der Waals surface area contributed by atoms with Gasteiger partial charge in [0, 0.05) is 35.6 Å². The van der Waals surface area contributed by atoms with Crippen molar-refractivity contribution in [3.05, 3.63) is 53.2 Å². The second-order valence-electron chi connectivity index (χ2n) is 9.72. The molecule has 1 aliphatic carbocycles. The van der Waals surface area contributed by atoms with Crippen LogP contribution in [0.3, 0.4) is 0 Å². The number of piperidine rings is 1. The molecule has 2 heterocycles. The van der Waals surface area contributed by atoms with Crippen molar-refractivity contribution in [3.63, 3.8) is 0 Å². The zero-order valence-electron chi connectivity index (χ0n) is 20.4. The molecule has 0 unspecified atom stereocenters. The monoisotopic (exact) mass is 495 g/mol. The number of methoxy groups -OCH3 is 1. The molecule has 2 aromatic carbocycles. The standard InChI is InChI=1S/C27H33N3O4S/c1-18-8-11-26(34-2)25(16-18)29-27(31)19-12-14-30(15-13-19)35(32,33)20-9-10-24-22(17-20)21-6-4-3-5-7-23(21)28-24/h8-11,16-17,19,28H,3-7,12-15H2,1-2H3,(H,29,31). The lowest BCUT2D eigenvalue weighted by Gasteiger charge is -2.30. The van der Waals surface area contributed by atoms with Gasteiger partial charge in [0.1, 0.15) is 5.75 Å². The number of anilines is 1. The molecule has 1 fully saturated rings. The predicted molar refractivity (Wildman–Crippen MR) is 137 cm³/mol. The molecule has 1 saturated heterocycles. The average molecular weight is 496 g/mol. The minimum atomic E-state index is -3.62. The van der Waals surface area contributed by atoms with Gasteiger partial charge >= 0.3 is 0 Å². The maximum atomic E-state index is 13.5. The number of amides is 1. The van der Waals surface area contributed by atoms with Gasteiger partial charge in [-0.1, -0.05) is 12.5 Å². The van der Waals surface area contributed by atoms with E-state index in [0.717, 1.165) is 35.7 Å². The van der Waals surface area contributed by atoms with Gasteiger partial charge in [-0.05, 0) is 86.9 Å². The van der Waals surface area contributed by atoms with E-state index in [1.165, 1.54) is 28.4 Å². The first-order chi connectivity index (χ1) is 16.9. The van der Waals surface area contributed by atoms with Gasteiger partial charge in [0.05, 0.1) is 17.7 Å². The highest BCUT2D eigenvalue weighted by molar-refractivity contribution is 7.89. The van der Waals surface area contributed by atoms with Crippen LogP contribution in [0.4, 0.5) is 5.69 Å². The summed E-state index contributed by atoms with van der Waals surface area (Å²) in [4.78, 5) is 16.8. The smallest absolute Gasteiger partial charge is 0.243 e. The van der Waals surface area contributed by atoms with Gasteiger partial charge in [-0.15, -0.1) is 0 Å². The number of aryl methyl sites for hydroxylation is 3. The number of H-pyrrole nitrogens is 1. The maximum absolute atomic E-state index is 13.5. The van der Waals surface area contributed by atoms with Gasteiger partial charge in [0.2, 0.25) is 15.9 Å². The largest absolute Gasteiger partial charge is 0.495 e. The molecule has 7 nitrogen and oxygen atoms in total. The molecule has 0 bridgehead atoms. The van der Waals surface area contributed by atoms with Crippen LogP contribution in [-0.4, -0.2) is 43.8 Å². The van der Waals surface area contributed by atoms with Crippen LogP contribution in [0.5, 0.6) is 5.75 Å². The Balaban J connectivity index is 1.29. The van der Waals surface area contributed by atoms with Crippen LogP contribution in [-0.2, 0) is 27.7 Å². The third-order valence-corrected chi connectivity index (χ3v) is 9.29. The van der Waals surface area contributed by atoms with Crippen molar-refractivity contribution in [1.82, 2.24) is 9.29 Å². The summed E-state index contributed by atoms with van der Waals surface area (Å²) in [6.07, 6.45) is 6.51. The van der Waals surface area contributed by atoms with E-state index in [-0.39, 0.29) is 11.8 Å². The van der Waals surface area contributed by atoms with Crippen LogP contribution >= 0.6 is 0 Å². The lowest BCUT2D eigenvalue weighted by atomic mass is 9.97. The summed E-state index contributed by atoms with van der Waals surface area (Å²) < 4.78 is 33.8. The topological polar surface area (TPSA) is 91.5 Å². The Bertz CT molecular complexity index is 1350. The number of benzene rings is 2. The zero-order chi connectivity index (χ0) is 24.6. The summed E-state index contributed by atoms with van der Waals surface area (Å²) in [7, 11) is -2.05. The fraction of sp³-hybridized carbons (Fsp3) is 0.444. The lowest BCUT2D eigenvalue weighted by Crippen LogP contribution is -2.41. The van der Waals surface area contributed by atoms with E-state index >= 15 is 0 Å². The molecule has 2 N–H and O–H groups in total. The number of nitrogens with zero attached hydrogens (tertiary/aromatic N) is 1. The van der Waals surface area contributed by atoms with E-state index in [0.29, 0.717) is 42.3 Å². The molecule has 0 radical (unpaired) electrons. The number of hydrogen-bond acceptors (Lipinski definition) is 4. The van der Waals surface area contributed by atoms with Gasteiger partial charge in [-0.25, -0.2) is 8.42 Å². The van der Waals surface area contributed by atoms with Crippen molar-refractivity contribution in [2.24, 2.45) is 5.92 Å². The second kappa shape index (κ2) is 9.66. The van der Waals surface area contributed by atoms with Crippen LogP contribution in [0.2, 0.25) is 0 Å². The Morgan fingerprint density at radius 1 is 1.06 bits per heavy atom. The average Bonchev–Trinajstić information content (AvgIpc) is 3.03. The molecule has 1 aliphatic heterocycles. The summed E-state index contributed by atoms with van der Waals surface area (Å²) in [5.41, 5.74) is 5.21. The third kappa shape index (κ3) is 4.69. The van der Waals surface area contributed by atoms with E-state index < -0.39 is 10.0 Å². The fourth-order valence-electron chi connectivity index (χ4n) is 5.38. The number of sulfonamides is 1. The molecule has 1 aromatic heterocycles. The highest BCUT2D eigenvalue weighted by Gasteiger charge is 2.33. The normalized spacial score (nSPS) is 17.7. The quantitative estimate of drug-likeness (QED) is 0.498. The first kappa shape index (κ1) is 23.9. The molecule has 0 saturated carbocycles. The summed E-state index contributed by atoms with van der Waals surface area (Å²) in [6, 6.07) is 11.1. The van der Waals surface area contributed by atoms with Gasteiger partial charge in [-0.2, -0.15) is 4.31 Å². The number of fused-ring (bicyclic) bond motifs is 3. The number of carbonyl (C=O) groups excluding carboxylic acids is 1. The zero-order valence-corrected chi connectivity index (χ0v) is 21.2. The van der Waals surface area contributed by atoms with Crippen LogP contribution < -0.4 is 10.1 Å². The minimum Gasteiger partial charge on any atom is -0.495 e. The molecule has 35 heavy (non-hydrogen) atoms. The number of ether oxygens (including phenoxy) is 1. The van der Waals surface area contributed by atoms with Crippen LogP contribution in [0.15, 0.2) is 41.3 Å². The predicted octanol–water partition coefficient (Wildman–Crippen LogP) is 4.79. The molecule has 0 atom stereocenters. The molecule has 2 aliphatic rings. The molecule has 186 valence electrons. The third-order valence-electron chi connectivity index (χ3n) is 7.39. The van der Waals surface area contributed by atoms with E-state index in [9.17, 15) is 13.2 Å². The number of aromatic amines is 1.